The van der Waals surface area contributed by atoms with Crippen molar-refractivity contribution >= 4 is 27.7 Å². The van der Waals surface area contributed by atoms with Crippen molar-refractivity contribution in [3.8, 4) is 0 Å². The lowest BCUT2D eigenvalue weighted by molar-refractivity contribution is 0.0215. The van der Waals surface area contributed by atoms with Crippen molar-refractivity contribution in [3.63, 3.8) is 0 Å². The van der Waals surface area contributed by atoms with Gasteiger partial charge in [0, 0.05) is 35.2 Å². The number of carbonyl (C=O) groups is 1. The van der Waals surface area contributed by atoms with E-state index in [1.807, 2.05) is 33.2 Å². The molecule has 1 saturated heterocycles. The molecule has 0 atom stereocenters. The van der Waals surface area contributed by atoms with E-state index in [2.05, 4.69) is 38.1 Å². The maximum absolute atomic E-state index is 11.8. The van der Waals surface area contributed by atoms with Crippen molar-refractivity contribution in [2.24, 2.45) is 5.41 Å². The Labute approximate surface area is 145 Å². The van der Waals surface area contributed by atoms with Gasteiger partial charge in [-0.15, -0.1) is 0 Å². The predicted octanol–water partition coefficient (Wildman–Crippen LogP) is 3.65. The number of ether oxygens (including phenoxy) is 1. The summed E-state index contributed by atoms with van der Waals surface area (Å²) in [4.78, 5) is 18.4. The van der Waals surface area contributed by atoms with Gasteiger partial charge in [0.05, 0.1) is 11.9 Å². The van der Waals surface area contributed by atoms with E-state index in [1.165, 1.54) is 11.3 Å². The Balaban J connectivity index is 1.48. The van der Waals surface area contributed by atoms with Crippen molar-refractivity contribution in [2.45, 2.75) is 52.2 Å². The van der Waals surface area contributed by atoms with Gasteiger partial charge in [-0.2, -0.15) is 0 Å². The molecule has 1 aromatic heterocycles. The van der Waals surface area contributed by atoms with E-state index in [0.29, 0.717) is 5.41 Å². The zero-order valence-electron chi connectivity index (χ0n) is 14.1. The van der Waals surface area contributed by atoms with Crippen LogP contribution in [0.25, 0.3) is 0 Å². The standard InChI is InChI=1S/C17H24BrN3O2/c1-11-13(18)7-19-8-14(11)21-9-17(10-21)5-12(6-17)20-15(22)23-16(2,3)4/h7-8,12H,5-6,9-10H2,1-4H3,(H,20,22). The molecule has 0 radical (unpaired) electrons. The third-order valence-electron chi connectivity index (χ3n) is 4.60. The summed E-state index contributed by atoms with van der Waals surface area (Å²) in [7, 11) is 0. The predicted molar refractivity (Wildman–Crippen MR) is 93.7 cm³/mol. The second kappa shape index (κ2) is 5.65. The Morgan fingerprint density at radius 2 is 2.04 bits per heavy atom. The average Bonchev–Trinajstić information content (AvgIpc) is 2.32. The summed E-state index contributed by atoms with van der Waals surface area (Å²) in [5.41, 5.74) is 2.35. The molecule has 1 saturated carbocycles. The van der Waals surface area contributed by atoms with Crippen LogP contribution >= 0.6 is 15.9 Å². The van der Waals surface area contributed by atoms with Gasteiger partial charge >= 0.3 is 6.09 Å². The number of alkyl carbamates (subject to hydrolysis) is 1. The fourth-order valence-electron chi connectivity index (χ4n) is 3.56. The van der Waals surface area contributed by atoms with Crippen LogP contribution in [0.5, 0.6) is 0 Å². The quantitative estimate of drug-likeness (QED) is 0.849. The number of rotatable bonds is 2. The first-order valence-corrected chi connectivity index (χ1v) is 8.81. The number of amides is 1. The smallest absolute Gasteiger partial charge is 0.407 e. The zero-order chi connectivity index (χ0) is 16.8. The van der Waals surface area contributed by atoms with Crippen LogP contribution < -0.4 is 10.2 Å². The van der Waals surface area contributed by atoms with Gasteiger partial charge in [-0.1, -0.05) is 0 Å². The summed E-state index contributed by atoms with van der Waals surface area (Å²) in [5, 5.41) is 2.97. The molecule has 2 fully saturated rings. The first-order valence-electron chi connectivity index (χ1n) is 8.02. The summed E-state index contributed by atoms with van der Waals surface area (Å²) >= 11 is 3.54. The highest BCUT2D eigenvalue weighted by Gasteiger charge is 2.53. The van der Waals surface area contributed by atoms with Gasteiger partial charge in [0.2, 0.25) is 0 Å². The molecule has 2 heterocycles. The van der Waals surface area contributed by atoms with Crippen LogP contribution in [0.3, 0.4) is 0 Å². The van der Waals surface area contributed by atoms with Crippen LogP contribution in [0.15, 0.2) is 16.9 Å². The first kappa shape index (κ1) is 16.6. The maximum atomic E-state index is 11.8. The SMILES string of the molecule is Cc1c(Br)cncc1N1CC2(CC(NC(=O)OC(C)(C)C)C2)C1. The van der Waals surface area contributed by atoms with Gasteiger partial charge < -0.3 is 15.0 Å². The van der Waals surface area contributed by atoms with Gasteiger partial charge in [0.25, 0.3) is 0 Å². The fourth-order valence-corrected chi connectivity index (χ4v) is 3.88. The van der Waals surface area contributed by atoms with Gasteiger partial charge in [0.1, 0.15) is 5.60 Å². The average molecular weight is 382 g/mol. The largest absolute Gasteiger partial charge is 0.444 e. The highest BCUT2D eigenvalue weighted by Crippen LogP contribution is 2.50. The molecule has 0 unspecified atom stereocenters. The number of anilines is 1. The first-order chi connectivity index (χ1) is 10.7. The summed E-state index contributed by atoms with van der Waals surface area (Å²) in [6, 6.07) is 0.244. The Morgan fingerprint density at radius 1 is 1.39 bits per heavy atom. The van der Waals surface area contributed by atoms with Crippen molar-refractivity contribution in [1.29, 1.82) is 0 Å². The number of nitrogens with zero attached hydrogens (tertiary/aromatic N) is 2. The monoisotopic (exact) mass is 381 g/mol. The van der Waals surface area contributed by atoms with Crippen LogP contribution in [0.4, 0.5) is 10.5 Å². The van der Waals surface area contributed by atoms with Crippen LogP contribution in [0, 0.1) is 12.3 Å². The molecule has 1 amide bonds. The van der Waals surface area contributed by atoms with E-state index in [-0.39, 0.29) is 12.1 Å². The molecule has 1 aromatic rings. The summed E-state index contributed by atoms with van der Waals surface area (Å²) in [6.45, 7) is 9.84. The number of halogens is 1. The number of nitrogens with one attached hydrogen (secondary N) is 1. The molecule has 5 nitrogen and oxygen atoms in total. The number of hydrogen-bond donors (Lipinski definition) is 1. The Morgan fingerprint density at radius 3 is 2.65 bits per heavy atom. The lowest BCUT2D eigenvalue weighted by atomic mass is 9.60. The fraction of sp³-hybridized carbons (Fsp3) is 0.647. The molecule has 23 heavy (non-hydrogen) atoms. The Bertz CT molecular complexity index is 613. The molecule has 0 bridgehead atoms. The molecule has 1 aliphatic carbocycles. The Kier molecular flexibility index (Phi) is 4.07. The van der Waals surface area contributed by atoms with E-state index in [9.17, 15) is 4.79 Å². The van der Waals surface area contributed by atoms with Crippen LogP contribution in [0.2, 0.25) is 0 Å². The minimum atomic E-state index is -0.440. The second-order valence-corrected chi connectivity index (χ2v) is 8.73. The summed E-state index contributed by atoms with van der Waals surface area (Å²) in [6.07, 6.45) is 5.52. The van der Waals surface area contributed by atoms with Crippen molar-refractivity contribution in [2.75, 3.05) is 18.0 Å². The third-order valence-corrected chi connectivity index (χ3v) is 5.40. The molecular formula is C17H24BrN3O2. The van der Waals surface area contributed by atoms with Gasteiger partial charge in [-0.25, -0.2) is 4.79 Å². The maximum Gasteiger partial charge on any atom is 0.407 e. The summed E-state index contributed by atoms with van der Waals surface area (Å²) in [5.74, 6) is 0. The molecular weight excluding hydrogens is 358 g/mol. The van der Waals surface area contributed by atoms with Crippen molar-refractivity contribution < 1.29 is 9.53 Å². The molecule has 1 spiro atoms. The molecule has 6 heteroatoms. The molecule has 3 rings (SSSR count). The van der Waals surface area contributed by atoms with Crippen molar-refractivity contribution in [3.05, 3.63) is 22.4 Å². The van der Waals surface area contributed by atoms with Crippen LogP contribution in [-0.2, 0) is 4.74 Å². The van der Waals surface area contributed by atoms with E-state index < -0.39 is 5.60 Å². The lowest BCUT2D eigenvalue weighted by Crippen LogP contribution is -2.67. The van der Waals surface area contributed by atoms with Crippen LogP contribution in [0.1, 0.15) is 39.2 Å². The third kappa shape index (κ3) is 3.47. The number of hydrogen-bond acceptors (Lipinski definition) is 4. The molecule has 1 aliphatic heterocycles. The van der Waals surface area contributed by atoms with E-state index in [1.54, 1.807) is 0 Å². The molecule has 126 valence electrons. The van der Waals surface area contributed by atoms with Gasteiger partial charge in [-0.05, 0) is 62.0 Å². The van der Waals surface area contributed by atoms with Gasteiger partial charge in [-0.3, -0.25) is 4.98 Å². The Hall–Kier alpha value is -1.30. The minimum Gasteiger partial charge on any atom is -0.444 e. The lowest BCUT2D eigenvalue weighted by Gasteiger charge is -2.60. The topological polar surface area (TPSA) is 54.5 Å². The molecule has 2 aliphatic rings. The number of aromatic nitrogens is 1. The van der Waals surface area contributed by atoms with Crippen molar-refractivity contribution in [1.82, 2.24) is 10.3 Å². The van der Waals surface area contributed by atoms with E-state index >= 15 is 0 Å². The zero-order valence-corrected chi connectivity index (χ0v) is 15.7. The van der Waals surface area contributed by atoms with E-state index in [0.717, 1.165) is 30.4 Å². The van der Waals surface area contributed by atoms with E-state index in [4.69, 9.17) is 4.74 Å². The number of carbonyl (C=O) groups excluding carboxylic acids is 1. The van der Waals surface area contributed by atoms with Crippen LogP contribution in [-0.4, -0.2) is 35.8 Å². The highest BCUT2D eigenvalue weighted by atomic mass is 79.9. The summed E-state index contributed by atoms with van der Waals surface area (Å²) < 4.78 is 6.36. The highest BCUT2D eigenvalue weighted by molar-refractivity contribution is 9.10. The minimum absolute atomic E-state index is 0.244. The molecule has 1 N–H and O–H groups in total. The molecule has 0 aromatic carbocycles. The normalized spacial score (nSPS) is 20.0. The van der Waals surface area contributed by atoms with Gasteiger partial charge in [0.15, 0.2) is 0 Å². The number of pyridine rings is 1. The second-order valence-electron chi connectivity index (χ2n) is 7.87.